The first-order valence-corrected chi connectivity index (χ1v) is 10.4. The van der Waals surface area contributed by atoms with Crippen LogP contribution in [0.2, 0.25) is 0 Å². The maximum Gasteiger partial charge on any atom is 0.113 e. The predicted molar refractivity (Wildman–Crippen MR) is 124 cm³/mol. The van der Waals surface area contributed by atoms with E-state index in [1.54, 1.807) is 0 Å². The van der Waals surface area contributed by atoms with Gasteiger partial charge in [0.2, 0.25) is 0 Å². The van der Waals surface area contributed by atoms with Crippen LogP contribution < -0.4 is 0 Å². The molecule has 0 atom stereocenters. The van der Waals surface area contributed by atoms with E-state index in [1.807, 2.05) is 11.3 Å². The Kier molecular flexibility index (Phi) is 4.45. The van der Waals surface area contributed by atoms with Crippen LogP contribution >= 0.6 is 11.3 Å². The van der Waals surface area contributed by atoms with Gasteiger partial charge in [0.25, 0.3) is 0 Å². The molecule has 0 spiro atoms. The van der Waals surface area contributed by atoms with E-state index < -0.39 is 0 Å². The Morgan fingerprint density at radius 1 is 0.759 bits per heavy atom. The van der Waals surface area contributed by atoms with Crippen molar-refractivity contribution < 1.29 is 9.47 Å². The van der Waals surface area contributed by atoms with E-state index >= 15 is 0 Å². The maximum absolute atomic E-state index is 5.56. The molecule has 3 heteroatoms. The molecule has 142 valence electrons. The summed E-state index contributed by atoms with van der Waals surface area (Å²) >= 11 is 1.85. The molecule has 0 N–H and O–H groups in total. The number of ether oxygens (including phenoxy) is 2. The van der Waals surface area contributed by atoms with Gasteiger partial charge in [-0.3, -0.25) is 0 Å². The molecule has 0 aliphatic carbocycles. The second-order valence-electron chi connectivity index (χ2n) is 7.01. The molecule has 0 aliphatic rings. The summed E-state index contributed by atoms with van der Waals surface area (Å²) in [6.45, 7) is 8.38. The molecule has 0 radical (unpaired) electrons. The number of thiophene rings is 1. The molecule has 1 heterocycles. The lowest BCUT2D eigenvalue weighted by Gasteiger charge is -2.09. The van der Waals surface area contributed by atoms with Crippen LogP contribution in [-0.4, -0.2) is 0 Å². The van der Waals surface area contributed by atoms with Gasteiger partial charge in [-0.1, -0.05) is 55.6 Å². The largest absolute Gasteiger partial charge is 0.497 e. The highest BCUT2D eigenvalue weighted by Crippen LogP contribution is 2.43. The fourth-order valence-corrected chi connectivity index (χ4v) is 5.29. The average Bonchev–Trinajstić information content (AvgIpc) is 3.15. The van der Waals surface area contributed by atoms with Gasteiger partial charge in [0.1, 0.15) is 13.2 Å². The fraction of sp³-hybridized carbons (Fsp3) is 0.0769. The maximum atomic E-state index is 5.56. The van der Waals surface area contributed by atoms with Gasteiger partial charge in [-0.05, 0) is 50.9 Å². The van der Waals surface area contributed by atoms with Crippen molar-refractivity contribution in [1.29, 1.82) is 0 Å². The highest BCUT2D eigenvalue weighted by molar-refractivity contribution is 7.26. The molecule has 0 fully saturated rings. The van der Waals surface area contributed by atoms with Crippen LogP contribution in [0.3, 0.4) is 0 Å². The van der Waals surface area contributed by atoms with Crippen LogP contribution in [0.1, 0.15) is 11.1 Å². The Labute approximate surface area is 173 Å². The van der Waals surface area contributed by atoms with Gasteiger partial charge < -0.3 is 9.47 Å². The smallest absolute Gasteiger partial charge is 0.113 e. The third kappa shape index (κ3) is 2.95. The monoisotopic (exact) mass is 396 g/mol. The van der Waals surface area contributed by atoms with Gasteiger partial charge in [0.15, 0.2) is 0 Å². The summed E-state index contributed by atoms with van der Waals surface area (Å²) in [6, 6.07) is 21.8. The zero-order valence-corrected chi connectivity index (χ0v) is 16.8. The first kappa shape index (κ1) is 17.8. The van der Waals surface area contributed by atoms with Gasteiger partial charge in [-0.2, -0.15) is 0 Å². The van der Waals surface area contributed by atoms with E-state index in [4.69, 9.17) is 9.47 Å². The second-order valence-corrected chi connectivity index (χ2v) is 8.06. The van der Waals surface area contributed by atoms with Crippen LogP contribution in [0.5, 0.6) is 0 Å². The summed E-state index contributed by atoms with van der Waals surface area (Å²) in [5.41, 5.74) is 2.32. The molecule has 5 rings (SSSR count). The van der Waals surface area contributed by atoms with Crippen molar-refractivity contribution >= 4 is 53.1 Å². The van der Waals surface area contributed by atoms with Crippen molar-refractivity contribution in [3.05, 3.63) is 97.5 Å². The minimum absolute atomic E-state index is 0.514. The molecular weight excluding hydrogens is 376 g/mol. The van der Waals surface area contributed by atoms with Crippen LogP contribution in [0.15, 0.2) is 86.3 Å². The SMILES string of the molecule is C=COCc1ccc2ccc3sc4c5ccccc5c(COC=C)cc4c3c2c1. The number of rotatable bonds is 6. The Balaban J connectivity index is 1.87. The van der Waals surface area contributed by atoms with E-state index in [0.29, 0.717) is 13.2 Å². The van der Waals surface area contributed by atoms with Crippen molar-refractivity contribution in [2.75, 3.05) is 0 Å². The second kappa shape index (κ2) is 7.26. The number of hydrogen-bond donors (Lipinski definition) is 0. The van der Waals surface area contributed by atoms with Gasteiger partial charge >= 0.3 is 0 Å². The lowest BCUT2D eigenvalue weighted by atomic mass is 9.97. The van der Waals surface area contributed by atoms with Crippen molar-refractivity contribution in [2.24, 2.45) is 0 Å². The minimum atomic E-state index is 0.514. The molecule has 1 aromatic heterocycles. The summed E-state index contributed by atoms with van der Waals surface area (Å²) in [7, 11) is 0. The summed E-state index contributed by atoms with van der Waals surface area (Å²) in [5.74, 6) is 0. The Morgan fingerprint density at radius 2 is 1.52 bits per heavy atom. The lowest BCUT2D eigenvalue weighted by molar-refractivity contribution is 0.238. The quantitative estimate of drug-likeness (QED) is 0.274. The lowest BCUT2D eigenvalue weighted by Crippen LogP contribution is -1.89. The average molecular weight is 397 g/mol. The van der Waals surface area contributed by atoms with Gasteiger partial charge in [0, 0.05) is 20.2 Å². The van der Waals surface area contributed by atoms with Gasteiger partial charge in [0.05, 0.1) is 12.5 Å². The standard InChI is InChI=1S/C26H20O2S/c1-3-27-15-17-9-10-18-11-12-24-25(22(18)13-17)23-14-19(16-28-4-2)20-7-5-6-8-21(20)26(23)29-24/h3-14H,1-2,15-16H2. The molecule has 0 amide bonds. The van der Waals surface area contributed by atoms with Crippen LogP contribution in [0.4, 0.5) is 0 Å². The summed E-state index contributed by atoms with van der Waals surface area (Å²) in [4.78, 5) is 0. The Morgan fingerprint density at radius 3 is 2.34 bits per heavy atom. The minimum Gasteiger partial charge on any atom is -0.497 e. The summed E-state index contributed by atoms with van der Waals surface area (Å²) in [6.07, 6.45) is 2.99. The number of fused-ring (bicyclic) bond motifs is 7. The van der Waals surface area contributed by atoms with E-state index in [9.17, 15) is 0 Å². The fourth-order valence-electron chi connectivity index (χ4n) is 4.05. The van der Waals surface area contributed by atoms with Crippen LogP contribution in [-0.2, 0) is 22.7 Å². The van der Waals surface area contributed by atoms with E-state index in [-0.39, 0.29) is 0 Å². The molecule has 0 saturated heterocycles. The highest BCUT2D eigenvalue weighted by atomic mass is 32.1. The third-order valence-corrected chi connectivity index (χ3v) is 6.54. The first-order chi connectivity index (χ1) is 14.3. The summed E-state index contributed by atoms with van der Waals surface area (Å²) in [5, 5.41) is 7.57. The molecule has 0 saturated carbocycles. The topological polar surface area (TPSA) is 18.5 Å². The van der Waals surface area contributed by atoms with Gasteiger partial charge in [-0.25, -0.2) is 0 Å². The predicted octanol–water partition coefficient (Wildman–Crippen LogP) is 7.68. The molecule has 0 bridgehead atoms. The number of benzene rings is 4. The summed E-state index contributed by atoms with van der Waals surface area (Å²) < 4.78 is 13.6. The normalized spacial score (nSPS) is 11.3. The first-order valence-electron chi connectivity index (χ1n) is 9.53. The Bertz CT molecular complexity index is 1390. The highest BCUT2D eigenvalue weighted by Gasteiger charge is 2.14. The Hall–Kier alpha value is -3.30. The van der Waals surface area contributed by atoms with Crippen molar-refractivity contribution in [1.82, 2.24) is 0 Å². The van der Waals surface area contributed by atoms with Gasteiger partial charge in [-0.15, -0.1) is 11.3 Å². The molecule has 29 heavy (non-hydrogen) atoms. The molecule has 2 nitrogen and oxygen atoms in total. The number of hydrogen-bond acceptors (Lipinski definition) is 3. The third-order valence-electron chi connectivity index (χ3n) is 5.33. The van der Waals surface area contributed by atoms with Crippen molar-refractivity contribution in [2.45, 2.75) is 13.2 Å². The molecule has 5 aromatic rings. The van der Waals surface area contributed by atoms with Crippen molar-refractivity contribution in [3.63, 3.8) is 0 Å². The van der Waals surface area contributed by atoms with E-state index in [0.717, 1.165) is 5.56 Å². The van der Waals surface area contributed by atoms with E-state index in [1.165, 1.54) is 59.8 Å². The molecule has 0 unspecified atom stereocenters. The van der Waals surface area contributed by atoms with Crippen molar-refractivity contribution in [3.8, 4) is 0 Å². The van der Waals surface area contributed by atoms with Crippen LogP contribution in [0.25, 0.3) is 41.7 Å². The zero-order chi connectivity index (χ0) is 19.8. The van der Waals surface area contributed by atoms with Crippen LogP contribution in [0, 0.1) is 0 Å². The molecule has 4 aromatic carbocycles. The molecular formula is C26H20O2S. The zero-order valence-electron chi connectivity index (χ0n) is 16.0. The van der Waals surface area contributed by atoms with E-state index in [2.05, 4.69) is 73.8 Å². The molecule has 0 aliphatic heterocycles.